The van der Waals surface area contributed by atoms with Gasteiger partial charge in [0.1, 0.15) is 23.5 Å². The van der Waals surface area contributed by atoms with E-state index in [1.165, 1.54) is 17.0 Å². The van der Waals surface area contributed by atoms with Crippen molar-refractivity contribution in [2.45, 2.75) is 63.2 Å². The number of nitrogens with one attached hydrogen (secondary N) is 1. The molecule has 1 aliphatic heterocycles. The second-order valence-corrected chi connectivity index (χ2v) is 10.8. The number of carbonyl (C=O) groups excluding carboxylic acids is 2. The van der Waals surface area contributed by atoms with Gasteiger partial charge in [-0.25, -0.2) is 0 Å². The molecule has 1 heterocycles. The van der Waals surface area contributed by atoms with E-state index in [0.29, 0.717) is 23.3 Å². The SMILES string of the molecule is [B]C([B])([B])Oc1cccc([C@@H]2[C@H](NC(=O)C(=C)/C=C\C(C)=BC)CCN2C(=O)Cc2ccc(C(F)(F)F)cc2C(F)(F)F)c1C. The maximum atomic E-state index is 13.8. The van der Waals surface area contributed by atoms with Crippen LogP contribution in [0.1, 0.15) is 47.2 Å². The molecule has 3 rings (SSSR count). The first-order chi connectivity index (χ1) is 20.7. The molecule has 2 amide bonds. The van der Waals surface area contributed by atoms with Crippen LogP contribution >= 0.6 is 0 Å². The predicted octanol–water partition coefficient (Wildman–Crippen LogP) is 4.59. The molecule has 0 bridgehead atoms. The molecule has 0 spiro atoms. The Morgan fingerprint density at radius 3 is 2.33 bits per heavy atom. The fraction of sp³-hybridized carbons (Fsp3) is 0.367. The number of likely N-dealkylation sites (tertiary alicyclic amines) is 1. The van der Waals surface area contributed by atoms with Crippen LogP contribution in [0.4, 0.5) is 26.3 Å². The van der Waals surface area contributed by atoms with E-state index >= 15 is 0 Å². The zero-order chi connectivity index (χ0) is 33.9. The standard InChI is InChI=1S/C30H28B4F6N2O3/c1-16(8-9-17(2)34-4)27(44)41-23-12-13-42(26(23)21-6-5-7-24(18(21)3)45-30(31,32)33)25(43)14-19-10-11-20(28(35,36)37)15-22(19)29(38,39)40/h5-11,15,23,26H,1,12-14H2,2-4H3,(H,41,44)/b9-8-/t23-,26-/m1/s1. The van der Waals surface area contributed by atoms with Crippen LogP contribution in [0.15, 0.2) is 60.7 Å². The summed E-state index contributed by atoms with van der Waals surface area (Å²) < 4.78 is 86.5. The second-order valence-electron chi connectivity index (χ2n) is 10.8. The number of hydrogen-bond donors (Lipinski definition) is 1. The zero-order valence-electron chi connectivity index (χ0n) is 24.9. The minimum absolute atomic E-state index is 0.00858. The molecule has 230 valence electrons. The van der Waals surface area contributed by atoms with E-state index in [-0.39, 0.29) is 30.4 Å². The van der Waals surface area contributed by atoms with Crippen molar-refractivity contribution >= 4 is 47.7 Å². The molecule has 2 aromatic rings. The average molecular weight is 622 g/mol. The summed E-state index contributed by atoms with van der Waals surface area (Å²) in [6, 6.07) is 4.19. The van der Waals surface area contributed by atoms with Crippen LogP contribution in [0.5, 0.6) is 5.75 Å². The van der Waals surface area contributed by atoms with Crippen LogP contribution in [0, 0.1) is 6.92 Å². The van der Waals surface area contributed by atoms with Gasteiger partial charge in [-0.15, -0.1) is 0 Å². The van der Waals surface area contributed by atoms with Gasteiger partial charge in [0, 0.05) is 0 Å². The Hall–Kier alpha value is -3.63. The van der Waals surface area contributed by atoms with Crippen molar-refractivity contribution in [1.29, 1.82) is 0 Å². The molecule has 0 unspecified atom stereocenters. The average Bonchev–Trinajstić information content (AvgIpc) is 3.34. The van der Waals surface area contributed by atoms with Crippen LogP contribution in [0.2, 0.25) is 6.82 Å². The van der Waals surface area contributed by atoms with Crippen LogP contribution in [-0.4, -0.2) is 70.5 Å². The van der Waals surface area contributed by atoms with Crippen molar-refractivity contribution in [1.82, 2.24) is 10.2 Å². The third kappa shape index (κ3) is 9.20. The van der Waals surface area contributed by atoms with Gasteiger partial charge in [-0.05, 0) is 17.4 Å². The first-order valence-electron chi connectivity index (χ1n) is 13.8. The Labute approximate surface area is 262 Å². The van der Waals surface area contributed by atoms with Gasteiger partial charge in [0.25, 0.3) is 0 Å². The van der Waals surface area contributed by atoms with Gasteiger partial charge in [-0.3, -0.25) is 0 Å². The number of hydrogen-bond acceptors (Lipinski definition) is 3. The topological polar surface area (TPSA) is 58.6 Å². The summed E-state index contributed by atoms with van der Waals surface area (Å²) in [7, 11) is 16.8. The number of ether oxygens (including phenoxy) is 1. The Morgan fingerprint density at radius 1 is 1.09 bits per heavy atom. The number of nitrogens with zero attached hydrogens (tertiary/aromatic N) is 1. The summed E-state index contributed by atoms with van der Waals surface area (Å²) in [5.74, 6) is -1.20. The fourth-order valence-corrected chi connectivity index (χ4v) is 4.96. The third-order valence-electron chi connectivity index (χ3n) is 7.34. The predicted molar refractivity (Wildman–Crippen MR) is 164 cm³/mol. The Kier molecular flexibility index (Phi) is 11.0. The van der Waals surface area contributed by atoms with Gasteiger partial charge in [-0.1, -0.05) is 6.07 Å². The van der Waals surface area contributed by atoms with Gasteiger partial charge in [-0.2, -0.15) is 26.3 Å². The molecule has 15 heteroatoms. The Morgan fingerprint density at radius 2 is 1.76 bits per heavy atom. The molecule has 45 heavy (non-hydrogen) atoms. The third-order valence-corrected chi connectivity index (χ3v) is 7.34. The number of rotatable bonds is 9. The molecule has 2 atom stereocenters. The molecular formula is C30H28B4F6N2O3. The summed E-state index contributed by atoms with van der Waals surface area (Å²) in [5.41, 5.74) is -1.81. The molecule has 0 aliphatic carbocycles. The minimum atomic E-state index is -5.15. The monoisotopic (exact) mass is 622 g/mol. The quantitative estimate of drug-likeness (QED) is 0.193. The van der Waals surface area contributed by atoms with E-state index < -0.39 is 64.7 Å². The number of alkyl halides is 6. The molecule has 0 aromatic heterocycles. The molecule has 0 saturated carbocycles. The summed E-state index contributed by atoms with van der Waals surface area (Å²) in [4.78, 5) is 28.0. The normalized spacial score (nSPS) is 17.7. The molecule has 2 aromatic carbocycles. The van der Waals surface area contributed by atoms with Crippen LogP contribution in [0.25, 0.3) is 0 Å². The van der Waals surface area contributed by atoms with Gasteiger partial charge in [0.05, 0.1) is 11.1 Å². The van der Waals surface area contributed by atoms with E-state index in [1.54, 1.807) is 25.1 Å². The van der Waals surface area contributed by atoms with Crippen LogP contribution in [-0.2, 0) is 28.4 Å². The fourth-order valence-electron chi connectivity index (χ4n) is 4.96. The molecular weight excluding hydrogens is 594 g/mol. The molecule has 1 saturated heterocycles. The van der Waals surface area contributed by atoms with Gasteiger partial charge in [0.2, 0.25) is 0 Å². The van der Waals surface area contributed by atoms with Crippen molar-refractivity contribution < 1.29 is 40.7 Å². The van der Waals surface area contributed by atoms with Gasteiger partial charge < -0.3 is 0 Å². The van der Waals surface area contributed by atoms with E-state index in [1.807, 2.05) is 20.7 Å². The number of benzene rings is 2. The van der Waals surface area contributed by atoms with E-state index in [9.17, 15) is 35.9 Å². The summed E-state index contributed by atoms with van der Waals surface area (Å²) in [5, 5.41) is 0.788. The molecule has 1 fully saturated rings. The summed E-state index contributed by atoms with van der Waals surface area (Å²) in [6.45, 7) is 10.9. The van der Waals surface area contributed by atoms with Gasteiger partial charge in [0.15, 0.2) is 0 Å². The molecule has 6 radical (unpaired) electrons. The van der Waals surface area contributed by atoms with Crippen molar-refractivity contribution in [3.8, 4) is 5.75 Å². The number of amides is 2. The Balaban J connectivity index is 2.03. The van der Waals surface area contributed by atoms with E-state index in [2.05, 4.69) is 11.9 Å². The summed E-state index contributed by atoms with van der Waals surface area (Å²) in [6.07, 6.45) is -7.62. The van der Waals surface area contributed by atoms with Crippen molar-refractivity contribution in [3.05, 3.63) is 88.5 Å². The number of allylic oxidation sites excluding steroid dienone is 1. The second kappa shape index (κ2) is 13.8. The first-order valence-corrected chi connectivity index (χ1v) is 13.8. The molecule has 5 nitrogen and oxygen atoms in total. The van der Waals surface area contributed by atoms with Gasteiger partial charge >= 0.3 is 178 Å². The Bertz CT molecular complexity index is 1520. The van der Waals surface area contributed by atoms with Crippen molar-refractivity contribution in [2.24, 2.45) is 0 Å². The van der Waals surface area contributed by atoms with Crippen LogP contribution < -0.4 is 10.1 Å². The van der Waals surface area contributed by atoms with E-state index in [0.717, 1.165) is 5.46 Å². The molecule has 1 aliphatic rings. The molecule has 1 N–H and O–H groups in total. The van der Waals surface area contributed by atoms with Crippen molar-refractivity contribution in [2.75, 3.05) is 6.54 Å². The summed E-state index contributed by atoms with van der Waals surface area (Å²) >= 11 is 0. The zero-order valence-corrected chi connectivity index (χ0v) is 24.9. The van der Waals surface area contributed by atoms with Crippen molar-refractivity contribution in [3.63, 3.8) is 0 Å². The number of carbonyl (C=O) groups is 2. The first kappa shape index (κ1) is 35.8. The van der Waals surface area contributed by atoms with Crippen LogP contribution in [0.3, 0.4) is 0 Å². The maximum absolute atomic E-state index is 13.8. The van der Waals surface area contributed by atoms with E-state index in [4.69, 9.17) is 28.3 Å². The number of halogens is 6.